The number of likely N-dealkylation sites (tertiary alicyclic amines) is 1. The van der Waals surface area contributed by atoms with E-state index < -0.39 is 0 Å². The van der Waals surface area contributed by atoms with Gasteiger partial charge < -0.3 is 4.90 Å². The summed E-state index contributed by atoms with van der Waals surface area (Å²) >= 11 is 0. The van der Waals surface area contributed by atoms with E-state index in [9.17, 15) is 0 Å². The molecular weight excluding hydrogens is 380 g/mol. The van der Waals surface area contributed by atoms with Gasteiger partial charge in [-0.05, 0) is 73.9 Å². The van der Waals surface area contributed by atoms with Crippen molar-refractivity contribution in [2.24, 2.45) is 7.05 Å². The number of aryl methyl sites for hydroxylation is 1. The van der Waals surface area contributed by atoms with Crippen LogP contribution >= 0.6 is 12.4 Å². The van der Waals surface area contributed by atoms with Crippen LogP contribution < -0.4 is 0 Å². The number of hydrogen-bond acceptors (Lipinski definition) is 3. The lowest BCUT2D eigenvalue weighted by Gasteiger charge is -2.30. The average Bonchev–Trinajstić information content (AvgIpc) is 3.12. The van der Waals surface area contributed by atoms with Gasteiger partial charge in [-0.15, -0.1) is 12.4 Å². The van der Waals surface area contributed by atoms with Crippen molar-refractivity contribution < 1.29 is 0 Å². The molecule has 0 radical (unpaired) electrons. The summed E-state index contributed by atoms with van der Waals surface area (Å²) in [5.74, 6) is 0.597. The molecule has 29 heavy (non-hydrogen) atoms. The third kappa shape index (κ3) is 3.87. The number of fused-ring (bicyclic) bond motifs is 2. The molecule has 1 aliphatic rings. The zero-order valence-electron chi connectivity index (χ0n) is 17.0. The second kappa shape index (κ2) is 8.13. The highest BCUT2D eigenvalue weighted by molar-refractivity contribution is 5.88. The van der Waals surface area contributed by atoms with Gasteiger partial charge in [-0.1, -0.05) is 25.1 Å². The summed E-state index contributed by atoms with van der Waals surface area (Å²) in [4.78, 5) is 7.54. The quantitative estimate of drug-likeness (QED) is 0.456. The maximum Gasteiger partial charge on any atom is 0.0923 e. The van der Waals surface area contributed by atoms with E-state index in [1.165, 1.54) is 53.5 Å². The maximum absolute atomic E-state index is 5.01. The van der Waals surface area contributed by atoms with E-state index in [4.69, 9.17) is 4.98 Å². The monoisotopic (exact) mass is 406 g/mol. The van der Waals surface area contributed by atoms with Crippen LogP contribution in [0.5, 0.6) is 0 Å². The summed E-state index contributed by atoms with van der Waals surface area (Å²) in [5.41, 5.74) is 5.84. The molecule has 0 bridgehead atoms. The van der Waals surface area contributed by atoms with Crippen molar-refractivity contribution >= 4 is 34.2 Å². The van der Waals surface area contributed by atoms with Crippen LogP contribution in [-0.2, 0) is 7.05 Å². The van der Waals surface area contributed by atoms with Crippen LogP contribution in [0.2, 0.25) is 0 Å². The van der Waals surface area contributed by atoms with Crippen LogP contribution in [0.1, 0.15) is 31.4 Å². The molecule has 0 amide bonds. The number of rotatable bonds is 3. The predicted molar refractivity (Wildman–Crippen MR) is 123 cm³/mol. The Morgan fingerprint density at radius 1 is 0.897 bits per heavy atom. The number of halogens is 1. The van der Waals surface area contributed by atoms with Crippen LogP contribution in [-0.4, -0.2) is 39.3 Å². The van der Waals surface area contributed by atoms with Gasteiger partial charge in [-0.25, -0.2) is 0 Å². The molecule has 5 rings (SSSR count). The third-order valence-electron chi connectivity index (χ3n) is 6.12. The zero-order valence-corrected chi connectivity index (χ0v) is 17.8. The number of pyridine rings is 1. The topological polar surface area (TPSA) is 34.0 Å². The van der Waals surface area contributed by atoms with E-state index in [2.05, 4.69) is 71.7 Å². The maximum atomic E-state index is 5.01. The summed E-state index contributed by atoms with van der Waals surface area (Å²) in [6.07, 6.45) is 4.50. The van der Waals surface area contributed by atoms with Gasteiger partial charge >= 0.3 is 0 Å². The molecule has 5 heteroatoms. The molecule has 4 aromatic rings. The Bertz CT molecular complexity index is 1140. The molecule has 1 saturated heterocycles. The summed E-state index contributed by atoms with van der Waals surface area (Å²) in [6.45, 7) is 5.79. The van der Waals surface area contributed by atoms with Crippen LogP contribution in [0.25, 0.3) is 32.9 Å². The standard InChI is InChI=1S/C24H26N4.ClH/c1-3-28-12-10-17(11-13-28)22-8-6-20-14-18(4-7-23(20)25-22)19-5-9-24-21(15-19)16-27(2)26-24;/h4-9,14-17H,3,10-13H2,1-2H3;1H. The fourth-order valence-corrected chi connectivity index (χ4v) is 4.42. The molecule has 0 aliphatic carbocycles. The second-order valence-corrected chi connectivity index (χ2v) is 7.93. The lowest BCUT2D eigenvalue weighted by Crippen LogP contribution is -2.32. The molecule has 150 valence electrons. The molecule has 0 atom stereocenters. The highest BCUT2D eigenvalue weighted by atomic mass is 35.5. The van der Waals surface area contributed by atoms with E-state index in [1.54, 1.807) is 0 Å². The first kappa shape index (κ1) is 19.9. The molecule has 0 saturated carbocycles. The van der Waals surface area contributed by atoms with Crippen molar-refractivity contribution in [2.45, 2.75) is 25.7 Å². The highest BCUT2D eigenvalue weighted by Gasteiger charge is 2.20. The smallest absolute Gasteiger partial charge is 0.0923 e. The molecule has 0 spiro atoms. The predicted octanol–water partition coefficient (Wildman–Crippen LogP) is 5.41. The summed E-state index contributed by atoms with van der Waals surface area (Å²) in [6, 6.07) is 17.6. The Morgan fingerprint density at radius 3 is 2.31 bits per heavy atom. The van der Waals surface area contributed by atoms with E-state index in [0.29, 0.717) is 5.92 Å². The van der Waals surface area contributed by atoms with Crippen LogP contribution in [0.3, 0.4) is 0 Å². The average molecular weight is 407 g/mol. The van der Waals surface area contributed by atoms with Crippen molar-refractivity contribution in [1.29, 1.82) is 0 Å². The van der Waals surface area contributed by atoms with Gasteiger partial charge in [0.25, 0.3) is 0 Å². The van der Waals surface area contributed by atoms with E-state index in [0.717, 1.165) is 17.6 Å². The van der Waals surface area contributed by atoms with Crippen molar-refractivity contribution in [3.8, 4) is 11.1 Å². The zero-order chi connectivity index (χ0) is 19.1. The van der Waals surface area contributed by atoms with Gasteiger partial charge in [-0.2, -0.15) is 5.10 Å². The normalized spacial score (nSPS) is 15.7. The molecule has 1 aliphatic heterocycles. The number of aromatic nitrogens is 3. The lowest BCUT2D eigenvalue weighted by molar-refractivity contribution is 0.221. The third-order valence-corrected chi connectivity index (χ3v) is 6.12. The highest BCUT2D eigenvalue weighted by Crippen LogP contribution is 2.30. The van der Waals surface area contributed by atoms with Gasteiger partial charge in [-0.3, -0.25) is 9.67 Å². The molecule has 2 aromatic carbocycles. The molecular formula is C24H27ClN4. The summed E-state index contributed by atoms with van der Waals surface area (Å²) in [5, 5.41) is 6.85. The fourth-order valence-electron chi connectivity index (χ4n) is 4.42. The number of piperidine rings is 1. The van der Waals surface area contributed by atoms with Crippen molar-refractivity contribution in [2.75, 3.05) is 19.6 Å². The first-order valence-corrected chi connectivity index (χ1v) is 10.3. The largest absolute Gasteiger partial charge is 0.304 e. The Labute approximate surface area is 178 Å². The van der Waals surface area contributed by atoms with Crippen LogP contribution in [0.4, 0.5) is 0 Å². The Kier molecular flexibility index (Phi) is 5.57. The molecule has 2 aromatic heterocycles. The first-order chi connectivity index (χ1) is 13.7. The molecule has 4 nitrogen and oxygen atoms in total. The van der Waals surface area contributed by atoms with Gasteiger partial charge in [0.2, 0.25) is 0 Å². The summed E-state index contributed by atoms with van der Waals surface area (Å²) in [7, 11) is 1.96. The summed E-state index contributed by atoms with van der Waals surface area (Å²) < 4.78 is 1.87. The van der Waals surface area contributed by atoms with Gasteiger partial charge in [0, 0.05) is 35.6 Å². The minimum absolute atomic E-state index is 0. The van der Waals surface area contributed by atoms with E-state index >= 15 is 0 Å². The Hall–Kier alpha value is -2.43. The van der Waals surface area contributed by atoms with Crippen molar-refractivity contribution in [1.82, 2.24) is 19.7 Å². The minimum atomic E-state index is 0. The number of nitrogens with zero attached hydrogens (tertiary/aromatic N) is 4. The SMILES string of the molecule is CCN1CCC(c2ccc3cc(-c4ccc5nn(C)cc5c4)ccc3n2)CC1.Cl. The molecule has 0 N–H and O–H groups in total. The first-order valence-electron chi connectivity index (χ1n) is 10.3. The van der Waals surface area contributed by atoms with Gasteiger partial charge in [0.1, 0.15) is 0 Å². The molecule has 0 unspecified atom stereocenters. The van der Waals surface area contributed by atoms with Gasteiger partial charge in [0.05, 0.1) is 11.0 Å². The second-order valence-electron chi connectivity index (χ2n) is 7.93. The Morgan fingerprint density at radius 2 is 1.59 bits per heavy atom. The van der Waals surface area contributed by atoms with Crippen LogP contribution in [0, 0.1) is 0 Å². The van der Waals surface area contributed by atoms with Crippen molar-refractivity contribution in [3.63, 3.8) is 0 Å². The Balaban J connectivity index is 0.00000205. The molecule has 1 fully saturated rings. The van der Waals surface area contributed by atoms with Gasteiger partial charge in [0.15, 0.2) is 0 Å². The number of hydrogen-bond donors (Lipinski definition) is 0. The van der Waals surface area contributed by atoms with Crippen molar-refractivity contribution in [3.05, 3.63) is 60.4 Å². The lowest BCUT2D eigenvalue weighted by atomic mass is 9.92. The number of benzene rings is 2. The fraction of sp³-hybridized carbons (Fsp3) is 0.333. The molecule has 3 heterocycles. The minimum Gasteiger partial charge on any atom is -0.304 e. The van der Waals surface area contributed by atoms with E-state index in [1.807, 2.05) is 11.7 Å². The van der Waals surface area contributed by atoms with Crippen LogP contribution in [0.15, 0.2) is 54.7 Å². The van der Waals surface area contributed by atoms with E-state index in [-0.39, 0.29) is 12.4 Å².